The molecule has 1 aliphatic rings. The van der Waals surface area contributed by atoms with E-state index in [0.29, 0.717) is 35.0 Å². The van der Waals surface area contributed by atoms with Gasteiger partial charge in [0, 0.05) is 43.8 Å². The van der Waals surface area contributed by atoms with E-state index in [2.05, 4.69) is 25.4 Å². The molecule has 0 unspecified atom stereocenters. The molecule has 1 aromatic carbocycles. The van der Waals surface area contributed by atoms with Gasteiger partial charge in [-0.1, -0.05) is 6.07 Å². The van der Waals surface area contributed by atoms with Crippen LogP contribution in [0.25, 0.3) is 0 Å². The first-order chi connectivity index (χ1) is 17.0. The number of hydrogen-bond acceptors (Lipinski definition) is 8. The molecular formula is C25H27N5O4S. The van der Waals surface area contributed by atoms with Gasteiger partial charge < -0.3 is 20.3 Å². The molecular weight excluding hydrogens is 466 g/mol. The summed E-state index contributed by atoms with van der Waals surface area (Å²) in [5.41, 5.74) is 1.78. The molecule has 9 nitrogen and oxygen atoms in total. The van der Waals surface area contributed by atoms with E-state index in [4.69, 9.17) is 4.74 Å². The van der Waals surface area contributed by atoms with Crippen molar-refractivity contribution in [3.8, 4) is 0 Å². The van der Waals surface area contributed by atoms with Crippen LogP contribution in [-0.4, -0.2) is 67.0 Å². The minimum Gasteiger partial charge on any atom is -0.462 e. The number of rotatable bonds is 8. The van der Waals surface area contributed by atoms with Crippen molar-refractivity contribution in [1.29, 1.82) is 0 Å². The Balaban J connectivity index is 1.21. The van der Waals surface area contributed by atoms with Crippen molar-refractivity contribution in [2.45, 2.75) is 6.92 Å². The standard InChI is InChI=1S/C25H27N5O4S/c1-2-34-25(33)18-5-10-22(26-16-18)30-13-11-29(12-14-30)17-23(31)27-19-6-8-20(9-7-19)28-24(32)21-4-3-15-35-21/h3-10,15-16H,2,11-14,17H2,1H3,(H,27,31)(H,28,32). The molecule has 35 heavy (non-hydrogen) atoms. The van der Waals surface area contributed by atoms with E-state index >= 15 is 0 Å². The third kappa shape index (κ3) is 6.65. The van der Waals surface area contributed by atoms with Gasteiger partial charge in [-0.15, -0.1) is 11.3 Å². The predicted octanol–water partition coefficient (Wildman–Crippen LogP) is 3.33. The smallest absolute Gasteiger partial charge is 0.339 e. The topological polar surface area (TPSA) is 104 Å². The molecule has 182 valence electrons. The minimum absolute atomic E-state index is 0.0919. The van der Waals surface area contributed by atoms with Gasteiger partial charge in [0.05, 0.1) is 23.6 Å². The summed E-state index contributed by atoms with van der Waals surface area (Å²) in [5.74, 6) is 0.181. The first-order valence-electron chi connectivity index (χ1n) is 11.4. The molecule has 0 saturated carbocycles. The van der Waals surface area contributed by atoms with Crippen LogP contribution in [0.15, 0.2) is 60.1 Å². The van der Waals surface area contributed by atoms with E-state index in [0.717, 1.165) is 32.0 Å². The molecule has 2 aromatic heterocycles. The van der Waals surface area contributed by atoms with Gasteiger partial charge in [0.25, 0.3) is 5.91 Å². The third-order valence-corrected chi connectivity index (χ3v) is 6.36. The highest BCUT2D eigenvalue weighted by Gasteiger charge is 2.20. The number of carbonyl (C=O) groups excluding carboxylic acids is 3. The number of pyridine rings is 1. The third-order valence-electron chi connectivity index (χ3n) is 5.49. The van der Waals surface area contributed by atoms with Crippen LogP contribution in [0.2, 0.25) is 0 Å². The summed E-state index contributed by atoms with van der Waals surface area (Å²) in [5, 5.41) is 7.60. The maximum Gasteiger partial charge on any atom is 0.339 e. The maximum atomic E-state index is 12.5. The zero-order chi connectivity index (χ0) is 24.6. The Morgan fingerprint density at radius 2 is 1.69 bits per heavy atom. The maximum absolute atomic E-state index is 12.5. The summed E-state index contributed by atoms with van der Waals surface area (Å²) >= 11 is 1.38. The number of nitrogens with zero attached hydrogens (tertiary/aromatic N) is 3. The van der Waals surface area contributed by atoms with Crippen LogP contribution < -0.4 is 15.5 Å². The summed E-state index contributed by atoms with van der Waals surface area (Å²) in [6, 6.07) is 14.2. The van der Waals surface area contributed by atoms with E-state index in [1.165, 1.54) is 17.5 Å². The van der Waals surface area contributed by atoms with Crippen LogP contribution in [0.3, 0.4) is 0 Å². The summed E-state index contributed by atoms with van der Waals surface area (Å²) in [6.45, 7) is 5.31. The number of hydrogen-bond donors (Lipinski definition) is 2. The van der Waals surface area contributed by atoms with Gasteiger partial charge in [0.1, 0.15) is 5.82 Å². The lowest BCUT2D eigenvalue weighted by Crippen LogP contribution is -2.48. The second kappa shape index (κ2) is 11.6. The summed E-state index contributed by atoms with van der Waals surface area (Å²) < 4.78 is 4.99. The SMILES string of the molecule is CCOC(=O)c1ccc(N2CCN(CC(=O)Nc3ccc(NC(=O)c4cccs4)cc3)CC2)nc1. The Labute approximate surface area is 207 Å². The average molecular weight is 494 g/mol. The van der Waals surface area contributed by atoms with E-state index in [1.807, 2.05) is 17.5 Å². The fourth-order valence-corrected chi connectivity index (χ4v) is 4.30. The van der Waals surface area contributed by atoms with Crippen molar-refractivity contribution in [1.82, 2.24) is 9.88 Å². The van der Waals surface area contributed by atoms with Gasteiger partial charge >= 0.3 is 5.97 Å². The molecule has 2 N–H and O–H groups in total. The number of ether oxygens (including phenoxy) is 1. The van der Waals surface area contributed by atoms with Crippen LogP contribution in [0, 0.1) is 0 Å². The van der Waals surface area contributed by atoms with Crippen molar-refractivity contribution in [3.05, 3.63) is 70.5 Å². The van der Waals surface area contributed by atoms with Crippen molar-refractivity contribution in [3.63, 3.8) is 0 Å². The normalized spacial score (nSPS) is 13.8. The number of nitrogens with one attached hydrogen (secondary N) is 2. The van der Waals surface area contributed by atoms with Gasteiger partial charge in [0.2, 0.25) is 5.91 Å². The number of amides is 2. The number of piperazine rings is 1. The molecule has 0 spiro atoms. The van der Waals surface area contributed by atoms with E-state index < -0.39 is 0 Å². The molecule has 4 rings (SSSR count). The number of benzene rings is 1. The predicted molar refractivity (Wildman–Crippen MR) is 136 cm³/mol. The van der Waals surface area contributed by atoms with Crippen LogP contribution in [0.1, 0.15) is 27.0 Å². The number of thiophene rings is 1. The monoisotopic (exact) mass is 493 g/mol. The molecule has 0 aliphatic carbocycles. The fraction of sp³-hybridized carbons (Fsp3) is 0.280. The van der Waals surface area contributed by atoms with Crippen molar-refractivity contribution in [2.24, 2.45) is 0 Å². The first kappa shape index (κ1) is 24.4. The Hall–Kier alpha value is -3.76. The molecule has 3 aromatic rings. The molecule has 1 aliphatic heterocycles. The number of esters is 1. The lowest BCUT2D eigenvalue weighted by molar-refractivity contribution is -0.117. The van der Waals surface area contributed by atoms with E-state index in [1.54, 1.807) is 43.3 Å². The highest BCUT2D eigenvalue weighted by molar-refractivity contribution is 7.12. The summed E-state index contributed by atoms with van der Waals surface area (Å²) in [6.07, 6.45) is 1.53. The second-order valence-corrected chi connectivity index (χ2v) is 8.89. The van der Waals surface area contributed by atoms with Crippen LogP contribution in [-0.2, 0) is 9.53 Å². The molecule has 0 bridgehead atoms. The molecule has 3 heterocycles. The highest BCUT2D eigenvalue weighted by atomic mass is 32.1. The van der Waals surface area contributed by atoms with E-state index in [9.17, 15) is 14.4 Å². The van der Waals surface area contributed by atoms with Gasteiger partial charge in [0.15, 0.2) is 0 Å². The van der Waals surface area contributed by atoms with Crippen molar-refractivity contribution in [2.75, 3.05) is 54.9 Å². The number of aromatic nitrogens is 1. The Morgan fingerprint density at radius 1 is 0.971 bits per heavy atom. The molecule has 0 radical (unpaired) electrons. The van der Waals surface area contributed by atoms with Gasteiger partial charge in [-0.25, -0.2) is 9.78 Å². The molecule has 10 heteroatoms. The largest absolute Gasteiger partial charge is 0.462 e. The number of carbonyl (C=O) groups is 3. The number of anilines is 3. The Kier molecular flexibility index (Phi) is 8.07. The highest BCUT2D eigenvalue weighted by Crippen LogP contribution is 2.17. The average Bonchev–Trinajstić information content (AvgIpc) is 3.41. The zero-order valence-corrected chi connectivity index (χ0v) is 20.2. The van der Waals surface area contributed by atoms with Crippen LogP contribution in [0.5, 0.6) is 0 Å². The summed E-state index contributed by atoms with van der Waals surface area (Å²) in [4.78, 5) is 45.7. The Morgan fingerprint density at radius 3 is 2.29 bits per heavy atom. The Bertz CT molecular complexity index is 1140. The summed E-state index contributed by atoms with van der Waals surface area (Å²) in [7, 11) is 0. The lowest BCUT2D eigenvalue weighted by Gasteiger charge is -2.35. The lowest BCUT2D eigenvalue weighted by atomic mass is 10.2. The molecule has 1 fully saturated rings. The van der Waals surface area contributed by atoms with Crippen molar-refractivity contribution < 1.29 is 19.1 Å². The van der Waals surface area contributed by atoms with E-state index in [-0.39, 0.29) is 17.8 Å². The zero-order valence-electron chi connectivity index (χ0n) is 19.4. The molecule has 0 atom stereocenters. The van der Waals surface area contributed by atoms with Crippen molar-refractivity contribution >= 4 is 46.3 Å². The first-order valence-corrected chi connectivity index (χ1v) is 12.2. The van der Waals surface area contributed by atoms with Crippen LogP contribution >= 0.6 is 11.3 Å². The van der Waals surface area contributed by atoms with Crippen LogP contribution in [0.4, 0.5) is 17.2 Å². The quantitative estimate of drug-likeness (QED) is 0.464. The second-order valence-electron chi connectivity index (χ2n) is 7.95. The molecule has 2 amide bonds. The van der Waals surface area contributed by atoms with Gasteiger partial charge in [-0.3, -0.25) is 14.5 Å². The minimum atomic E-state index is -0.375. The fourth-order valence-electron chi connectivity index (χ4n) is 3.68. The van der Waals surface area contributed by atoms with Gasteiger partial charge in [-0.2, -0.15) is 0 Å². The van der Waals surface area contributed by atoms with Gasteiger partial charge in [-0.05, 0) is 54.8 Å². The molecule has 1 saturated heterocycles.